The number of Topliss-reactive ketones (excluding diaryl/α,β-unsaturated/α-hetero) is 1. The fourth-order valence-electron chi connectivity index (χ4n) is 5.37. The summed E-state index contributed by atoms with van der Waals surface area (Å²) in [7, 11) is 0. The van der Waals surface area contributed by atoms with Gasteiger partial charge in [-0.1, -0.05) is 0 Å². The zero-order valence-corrected chi connectivity index (χ0v) is 34.5. The van der Waals surface area contributed by atoms with Gasteiger partial charge in [-0.3, -0.25) is 33.6 Å². The maximum atomic E-state index is 13.4. The van der Waals surface area contributed by atoms with Crippen molar-refractivity contribution < 1.29 is 67.0 Å². The Balaban J connectivity index is 1.96. The van der Waals surface area contributed by atoms with Gasteiger partial charge in [0.2, 0.25) is 23.6 Å². The Morgan fingerprint density at radius 2 is 1.07 bits per heavy atom. The van der Waals surface area contributed by atoms with E-state index < -0.39 is 101 Å². The maximum Gasteiger partial charge on any atom is 0.407 e. The third kappa shape index (κ3) is 16.5. The highest BCUT2D eigenvalue weighted by atomic mass is 32.2. The lowest BCUT2D eigenvalue weighted by Crippen LogP contribution is -2.46. The van der Waals surface area contributed by atoms with Crippen molar-refractivity contribution in [2.24, 2.45) is 5.92 Å². The summed E-state index contributed by atoms with van der Waals surface area (Å²) in [6.07, 6.45) is -0.144. The van der Waals surface area contributed by atoms with E-state index >= 15 is 0 Å². The zero-order valence-electron chi connectivity index (χ0n) is 32.8. The fourth-order valence-corrected chi connectivity index (χ4v) is 6.60. The van der Waals surface area contributed by atoms with Crippen molar-refractivity contribution in [1.29, 1.82) is 0 Å². The fraction of sp³-hybridized carbons (Fsp3) is 0.676. The summed E-state index contributed by atoms with van der Waals surface area (Å²) < 4.78 is 15.9. The second kappa shape index (κ2) is 26.1. The Bertz CT molecular complexity index is 1440. The van der Waals surface area contributed by atoms with Gasteiger partial charge >= 0.3 is 24.2 Å². The minimum Gasteiger partial charge on any atom is -0.447 e. The number of nitrogens with one attached hydrogen (secondary N) is 6. The van der Waals surface area contributed by atoms with Gasteiger partial charge in [-0.2, -0.15) is 33.3 Å². The van der Waals surface area contributed by atoms with Crippen LogP contribution in [0.4, 0.5) is 19.2 Å². The predicted octanol–water partition coefficient (Wildman–Crippen LogP) is -0.758. The van der Waals surface area contributed by atoms with Gasteiger partial charge in [0.25, 0.3) is 11.8 Å². The number of likely N-dealkylation sites (tertiary alicyclic amines) is 2. The second-order valence-electron chi connectivity index (χ2n) is 12.6. The third-order valence-electron chi connectivity index (χ3n) is 8.32. The normalized spacial score (nSPS) is 16.8. The van der Waals surface area contributed by atoms with Crippen LogP contribution in [0.25, 0.3) is 0 Å². The monoisotopic (exact) mass is 860 g/mol. The smallest absolute Gasteiger partial charge is 0.407 e. The van der Waals surface area contributed by atoms with Gasteiger partial charge < -0.3 is 46.1 Å². The second-order valence-corrected chi connectivity index (χ2v) is 14.7. The van der Waals surface area contributed by atoms with E-state index in [1.165, 1.54) is 0 Å². The van der Waals surface area contributed by atoms with Crippen molar-refractivity contribution in [3.05, 3.63) is 0 Å². The van der Waals surface area contributed by atoms with Crippen LogP contribution in [-0.4, -0.2) is 163 Å². The molecule has 58 heavy (non-hydrogen) atoms. The molecule has 324 valence electrons. The molecule has 0 aromatic carbocycles. The molecule has 12 amide bonds. The Morgan fingerprint density at radius 3 is 1.45 bits per heavy atom. The Labute approximate surface area is 343 Å². The lowest BCUT2D eigenvalue weighted by atomic mass is 9.92. The average molecular weight is 861 g/mol. The molecule has 2 unspecified atom stereocenters. The molecular formula is C34H52N8O14S2. The van der Waals surface area contributed by atoms with Crippen molar-refractivity contribution in [1.82, 2.24) is 41.7 Å². The number of urea groups is 2. The molecule has 0 radical (unpaired) electrons. The number of imide groups is 6. The Kier molecular flexibility index (Phi) is 22.1. The number of thioether (sulfide) groups is 2. The van der Waals surface area contributed by atoms with Crippen LogP contribution in [0.1, 0.15) is 52.4 Å². The number of hydrogen-bond donors (Lipinski definition) is 6. The molecule has 0 bridgehead atoms. The number of alkyl carbamates (subject to hydrolysis) is 2. The summed E-state index contributed by atoms with van der Waals surface area (Å²) >= 11 is 2.29. The lowest BCUT2D eigenvalue weighted by molar-refractivity contribution is -0.136. The SMILES string of the molecule is CCNC(=O)OCC(COC(=O)NCC)OCCCC(=O)C(CC(=O)NCCNC(=O)N1C(=O)CC(SC)C1=O)CC(=O)NCCNC(=O)N1C(=O)CC(SC)C1=O. The number of rotatable bonds is 24. The number of nitrogens with zero attached hydrogens (tertiary/aromatic N) is 2. The van der Waals surface area contributed by atoms with E-state index in [4.69, 9.17) is 14.2 Å². The molecule has 2 atom stereocenters. The van der Waals surface area contributed by atoms with Crippen LogP contribution in [0.5, 0.6) is 0 Å². The van der Waals surface area contributed by atoms with Crippen molar-refractivity contribution in [2.45, 2.75) is 69.0 Å². The van der Waals surface area contributed by atoms with Crippen LogP contribution in [-0.2, 0) is 47.8 Å². The summed E-state index contributed by atoms with van der Waals surface area (Å²) in [6, 6.07) is -1.86. The van der Waals surface area contributed by atoms with Gasteiger partial charge in [-0.15, -0.1) is 0 Å². The standard InChI is InChI=1S/C34H52N8O14S2/c1-5-35-33(52)55-18-21(19-56-34(53)36-6-2)54-13-7-8-22(43)20(14-25(44)37-9-11-39-31(50)41-27(46)16-23(57-3)29(41)48)15-26(45)38-10-12-40-32(51)42-28(47)17-24(58-4)30(42)49/h20-21,23-24H,5-19H2,1-4H3,(H,35,52)(H,36,53)(H,37,44)(H,38,45)(H,39,50)(H,40,51). The van der Waals surface area contributed by atoms with Crippen LogP contribution in [0, 0.1) is 5.92 Å². The zero-order chi connectivity index (χ0) is 43.2. The molecule has 6 N–H and O–H groups in total. The summed E-state index contributed by atoms with van der Waals surface area (Å²) in [5.74, 6) is -5.46. The molecule has 0 aromatic rings. The van der Waals surface area contributed by atoms with E-state index in [2.05, 4.69) is 31.9 Å². The highest BCUT2D eigenvalue weighted by Crippen LogP contribution is 2.24. The van der Waals surface area contributed by atoms with Crippen molar-refractivity contribution in [3.8, 4) is 0 Å². The maximum absolute atomic E-state index is 13.4. The lowest BCUT2D eigenvalue weighted by Gasteiger charge is -2.19. The van der Waals surface area contributed by atoms with E-state index in [1.807, 2.05) is 0 Å². The number of ether oxygens (including phenoxy) is 3. The van der Waals surface area contributed by atoms with Crippen LogP contribution < -0.4 is 31.9 Å². The highest BCUT2D eigenvalue weighted by molar-refractivity contribution is 8.00. The minimum atomic E-state index is -1.13. The summed E-state index contributed by atoms with van der Waals surface area (Å²) in [6.45, 7) is 2.84. The van der Waals surface area contributed by atoms with Gasteiger partial charge in [0.15, 0.2) is 0 Å². The third-order valence-corrected chi connectivity index (χ3v) is 10.2. The number of amides is 12. The predicted molar refractivity (Wildman–Crippen MR) is 207 cm³/mol. The highest BCUT2D eigenvalue weighted by Gasteiger charge is 2.43. The molecule has 24 heteroatoms. The first-order chi connectivity index (χ1) is 27.7. The molecule has 2 saturated heterocycles. The van der Waals surface area contributed by atoms with E-state index in [1.54, 1.807) is 26.4 Å². The van der Waals surface area contributed by atoms with Crippen LogP contribution in [0.2, 0.25) is 0 Å². The molecule has 0 saturated carbocycles. The summed E-state index contributed by atoms with van der Waals surface area (Å²) in [5.41, 5.74) is 0. The molecule has 2 heterocycles. The molecule has 2 aliphatic rings. The molecular weight excluding hydrogens is 809 g/mol. The Hall–Kier alpha value is -4.97. The van der Waals surface area contributed by atoms with E-state index in [0.29, 0.717) is 22.9 Å². The van der Waals surface area contributed by atoms with E-state index in [9.17, 15) is 52.7 Å². The molecule has 22 nitrogen and oxygen atoms in total. The van der Waals surface area contributed by atoms with E-state index in [0.717, 1.165) is 23.5 Å². The summed E-state index contributed by atoms with van der Waals surface area (Å²) in [4.78, 5) is 137. The molecule has 2 rings (SSSR count). The van der Waals surface area contributed by atoms with Crippen LogP contribution >= 0.6 is 23.5 Å². The van der Waals surface area contributed by atoms with Crippen molar-refractivity contribution in [3.63, 3.8) is 0 Å². The number of carbonyl (C=O) groups excluding carboxylic acids is 11. The van der Waals surface area contributed by atoms with Crippen LogP contribution in [0.3, 0.4) is 0 Å². The Morgan fingerprint density at radius 1 is 0.655 bits per heavy atom. The van der Waals surface area contributed by atoms with Crippen LogP contribution in [0.15, 0.2) is 0 Å². The topological polar surface area (TPSA) is 294 Å². The van der Waals surface area contributed by atoms with E-state index in [-0.39, 0.29) is 71.7 Å². The van der Waals surface area contributed by atoms with Gasteiger partial charge in [0.05, 0.1) is 10.5 Å². The first-order valence-corrected chi connectivity index (χ1v) is 21.1. The molecule has 0 spiro atoms. The molecule has 0 aromatic heterocycles. The average Bonchev–Trinajstić information content (AvgIpc) is 3.65. The first-order valence-electron chi connectivity index (χ1n) is 18.5. The van der Waals surface area contributed by atoms with Gasteiger partial charge in [0, 0.05) is 83.9 Å². The molecule has 0 aliphatic carbocycles. The van der Waals surface area contributed by atoms with Gasteiger partial charge in [-0.25, -0.2) is 19.2 Å². The van der Waals surface area contributed by atoms with Gasteiger partial charge in [-0.05, 0) is 32.8 Å². The quantitative estimate of drug-likeness (QED) is 0.0514. The summed E-state index contributed by atoms with van der Waals surface area (Å²) in [5, 5.41) is 13.4. The van der Waals surface area contributed by atoms with Crippen molar-refractivity contribution in [2.75, 3.05) is 71.6 Å². The number of carbonyl (C=O) groups is 11. The first kappa shape index (κ1) is 49.2. The number of ketones is 1. The van der Waals surface area contributed by atoms with Gasteiger partial charge in [0.1, 0.15) is 25.1 Å². The minimum absolute atomic E-state index is 0.0577. The molecule has 2 fully saturated rings. The number of hydrogen-bond acceptors (Lipinski definition) is 16. The molecule has 2 aliphatic heterocycles. The largest absolute Gasteiger partial charge is 0.447 e. The van der Waals surface area contributed by atoms with Crippen molar-refractivity contribution >= 4 is 89.0 Å².